The first-order chi connectivity index (χ1) is 9.51. The predicted molar refractivity (Wildman–Crippen MR) is 88.4 cm³/mol. The minimum Gasteiger partial charge on any atom is -0.383 e. The first-order valence-electron chi connectivity index (χ1n) is 6.25. The molecule has 0 saturated carbocycles. The minimum absolute atomic E-state index is 0.0271. The molecule has 0 aromatic heterocycles. The molecule has 112 valence electrons. The Hall–Kier alpha value is -0.370. The van der Waals surface area contributed by atoms with E-state index in [-0.39, 0.29) is 11.9 Å². The summed E-state index contributed by atoms with van der Waals surface area (Å²) in [7, 11) is 3.24. The Morgan fingerprint density at radius 1 is 1.40 bits per heavy atom. The zero-order valence-corrected chi connectivity index (χ0v) is 14.8. The Morgan fingerprint density at radius 2 is 2.10 bits per heavy atom. The van der Waals surface area contributed by atoms with Crippen molar-refractivity contribution in [2.45, 2.75) is 13.0 Å². The predicted octanol–water partition coefficient (Wildman–Crippen LogP) is 3.07. The summed E-state index contributed by atoms with van der Waals surface area (Å²) in [6, 6.07) is 5.30. The Morgan fingerprint density at radius 3 is 2.65 bits per heavy atom. The van der Waals surface area contributed by atoms with E-state index >= 15 is 0 Å². The third-order valence-electron chi connectivity index (χ3n) is 2.90. The number of hydrogen-bond acceptors (Lipinski definition) is 3. The first-order valence-corrected chi connectivity index (χ1v) is 7.70. The number of amides is 1. The summed E-state index contributed by atoms with van der Waals surface area (Å²) in [6.07, 6.45) is 0. The summed E-state index contributed by atoms with van der Waals surface area (Å²) in [5.41, 5.74) is 0.578. The van der Waals surface area contributed by atoms with E-state index in [4.69, 9.17) is 21.1 Å². The molecule has 0 fully saturated rings. The minimum atomic E-state index is -0.0649. The zero-order chi connectivity index (χ0) is 15.1. The van der Waals surface area contributed by atoms with Crippen LogP contribution < -0.4 is 0 Å². The third-order valence-corrected chi connectivity index (χ3v) is 4.48. The molecule has 1 rings (SSSR count). The number of halogens is 2. The smallest absolute Gasteiger partial charge is 0.254 e. The van der Waals surface area contributed by atoms with Gasteiger partial charge in [-0.1, -0.05) is 11.6 Å². The summed E-state index contributed by atoms with van der Waals surface area (Å²) in [6.45, 7) is 3.43. The van der Waals surface area contributed by atoms with Gasteiger partial charge in [-0.3, -0.25) is 4.79 Å². The molecule has 0 N–H and O–H groups in total. The highest BCUT2D eigenvalue weighted by Crippen LogP contribution is 2.21. The summed E-state index contributed by atoms with van der Waals surface area (Å²) in [4.78, 5) is 14.3. The monoisotopic (exact) mass is 411 g/mol. The number of nitrogens with zero attached hydrogens (tertiary/aromatic N) is 1. The summed E-state index contributed by atoms with van der Waals surface area (Å²) in [5.74, 6) is -0.0649. The lowest BCUT2D eigenvalue weighted by atomic mass is 10.1. The lowest BCUT2D eigenvalue weighted by molar-refractivity contribution is 0.0479. The molecule has 6 heteroatoms. The van der Waals surface area contributed by atoms with Gasteiger partial charge < -0.3 is 14.4 Å². The van der Waals surface area contributed by atoms with Crippen LogP contribution in [0.1, 0.15) is 17.3 Å². The zero-order valence-electron chi connectivity index (χ0n) is 11.9. The molecule has 0 bridgehead atoms. The molecule has 0 radical (unpaired) electrons. The van der Waals surface area contributed by atoms with Crippen molar-refractivity contribution in [3.05, 3.63) is 32.4 Å². The SMILES string of the molecule is COCCN(C(=O)c1ccc(I)c(Cl)c1)C(C)COC. The summed E-state index contributed by atoms with van der Waals surface area (Å²) in [5, 5.41) is 0.586. The van der Waals surface area contributed by atoms with Crippen LogP contribution in [0, 0.1) is 3.57 Å². The second-order valence-electron chi connectivity index (χ2n) is 4.42. The molecule has 1 atom stereocenters. The molecule has 4 nitrogen and oxygen atoms in total. The molecule has 1 unspecified atom stereocenters. The second-order valence-corrected chi connectivity index (χ2v) is 5.99. The van der Waals surface area contributed by atoms with Crippen molar-refractivity contribution in [1.29, 1.82) is 0 Å². The molecule has 0 saturated heterocycles. The molecule has 20 heavy (non-hydrogen) atoms. The molecule has 0 aliphatic heterocycles. The normalized spacial score (nSPS) is 12.2. The van der Waals surface area contributed by atoms with Crippen LogP contribution in [0.3, 0.4) is 0 Å². The van der Waals surface area contributed by atoms with E-state index in [1.807, 2.05) is 13.0 Å². The van der Waals surface area contributed by atoms with Crippen LogP contribution in [0.15, 0.2) is 18.2 Å². The first kappa shape index (κ1) is 17.7. The number of carbonyl (C=O) groups is 1. The van der Waals surface area contributed by atoms with Crippen LogP contribution >= 0.6 is 34.2 Å². The largest absolute Gasteiger partial charge is 0.383 e. The van der Waals surface area contributed by atoms with Crippen LogP contribution in [-0.4, -0.2) is 50.8 Å². The van der Waals surface area contributed by atoms with Crippen molar-refractivity contribution in [2.24, 2.45) is 0 Å². The highest BCUT2D eigenvalue weighted by molar-refractivity contribution is 14.1. The van der Waals surface area contributed by atoms with Crippen molar-refractivity contribution in [2.75, 3.05) is 34.0 Å². The topological polar surface area (TPSA) is 38.8 Å². The number of ether oxygens (including phenoxy) is 2. The van der Waals surface area contributed by atoms with Crippen molar-refractivity contribution >= 4 is 40.1 Å². The van der Waals surface area contributed by atoms with Gasteiger partial charge in [0.2, 0.25) is 0 Å². The van der Waals surface area contributed by atoms with E-state index < -0.39 is 0 Å². The molecule has 1 aromatic carbocycles. The molecule has 0 spiro atoms. The number of methoxy groups -OCH3 is 2. The Bertz CT molecular complexity index is 456. The maximum absolute atomic E-state index is 12.6. The maximum Gasteiger partial charge on any atom is 0.254 e. The quantitative estimate of drug-likeness (QED) is 0.647. The molecule has 1 aromatic rings. The molecule has 1 amide bonds. The third kappa shape index (κ3) is 4.87. The Balaban J connectivity index is 2.93. The molecular weight excluding hydrogens is 393 g/mol. The lowest BCUT2D eigenvalue weighted by Gasteiger charge is -2.28. The Kier molecular flexibility index (Phi) is 7.79. The average molecular weight is 412 g/mol. The molecule has 0 aliphatic carbocycles. The van der Waals surface area contributed by atoms with Crippen LogP contribution in [0.25, 0.3) is 0 Å². The number of benzene rings is 1. The van der Waals surface area contributed by atoms with Gasteiger partial charge in [0.15, 0.2) is 0 Å². The average Bonchev–Trinajstić information content (AvgIpc) is 2.42. The molecule has 0 heterocycles. The van der Waals surface area contributed by atoms with Gasteiger partial charge in [-0.25, -0.2) is 0 Å². The van der Waals surface area contributed by atoms with E-state index in [0.29, 0.717) is 30.3 Å². The number of hydrogen-bond donors (Lipinski definition) is 0. The van der Waals surface area contributed by atoms with Gasteiger partial charge >= 0.3 is 0 Å². The molecular formula is C14H19ClINO3. The number of carbonyl (C=O) groups excluding carboxylic acids is 1. The fraction of sp³-hybridized carbons (Fsp3) is 0.500. The Labute approximate surface area is 138 Å². The highest BCUT2D eigenvalue weighted by Gasteiger charge is 2.21. The fourth-order valence-corrected chi connectivity index (χ4v) is 2.35. The van der Waals surface area contributed by atoms with Crippen molar-refractivity contribution < 1.29 is 14.3 Å². The van der Waals surface area contributed by atoms with Gasteiger partial charge in [0.05, 0.1) is 24.3 Å². The maximum atomic E-state index is 12.6. The number of rotatable bonds is 7. The van der Waals surface area contributed by atoms with E-state index in [0.717, 1.165) is 3.57 Å². The fourth-order valence-electron chi connectivity index (χ4n) is 1.84. The van der Waals surface area contributed by atoms with Gasteiger partial charge in [-0.05, 0) is 47.7 Å². The van der Waals surface area contributed by atoms with Crippen LogP contribution in [0.2, 0.25) is 5.02 Å². The van der Waals surface area contributed by atoms with Gasteiger partial charge in [-0.2, -0.15) is 0 Å². The summed E-state index contributed by atoms with van der Waals surface area (Å²) >= 11 is 8.21. The highest BCUT2D eigenvalue weighted by atomic mass is 127. The lowest BCUT2D eigenvalue weighted by Crippen LogP contribution is -2.43. The van der Waals surface area contributed by atoms with E-state index in [2.05, 4.69) is 22.6 Å². The van der Waals surface area contributed by atoms with E-state index in [9.17, 15) is 4.79 Å². The summed E-state index contributed by atoms with van der Waals surface area (Å²) < 4.78 is 11.1. The second kappa shape index (κ2) is 8.81. The van der Waals surface area contributed by atoms with E-state index in [1.54, 1.807) is 31.3 Å². The molecule has 0 aliphatic rings. The standard InChI is InChI=1S/C14H19ClINO3/c1-10(9-20-3)17(6-7-19-2)14(18)11-4-5-13(16)12(15)8-11/h4-5,8,10H,6-7,9H2,1-3H3. The van der Waals surface area contributed by atoms with Crippen molar-refractivity contribution in [3.63, 3.8) is 0 Å². The van der Waals surface area contributed by atoms with Crippen LogP contribution in [0.5, 0.6) is 0 Å². The van der Waals surface area contributed by atoms with Gasteiger partial charge in [0, 0.05) is 29.9 Å². The van der Waals surface area contributed by atoms with Gasteiger partial charge in [0.1, 0.15) is 0 Å². The van der Waals surface area contributed by atoms with Crippen molar-refractivity contribution in [1.82, 2.24) is 4.90 Å². The van der Waals surface area contributed by atoms with Gasteiger partial charge in [-0.15, -0.1) is 0 Å². The van der Waals surface area contributed by atoms with E-state index in [1.165, 1.54) is 0 Å². The van der Waals surface area contributed by atoms with Crippen LogP contribution in [-0.2, 0) is 9.47 Å². The van der Waals surface area contributed by atoms with Crippen LogP contribution in [0.4, 0.5) is 0 Å². The van der Waals surface area contributed by atoms with Crippen molar-refractivity contribution in [3.8, 4) is 0 Å². The van der Waals surface area contributed by atoms with Gasteiger partial charge in [0.25, 0.3) is 5.91 Å².